The fourth-order valence-corrected chi connectivity index (χ4v) is 2.68. The molecule has 0 bridgehead atoms. The number of halogens is 2. The van der Waals surface area contributed by atoms with E-state index in [0.29, 0.717) is 21.4 Å². The number of rotatable bonds is 3. The zero-order valence-electron chi connectivity index (χ0n) is 10.4. The predicted octanol–water partition coefficient (Wildman–Crippen LogP) is 4.63. The van der Waals surface area contributed by atoms with Gasteiger partial charge in [0, 0.05) is 16.5 Å². The molecule has 1 saturated carbocycles. The van der Waals surface area contributed by atoms with Crippen LogP contribution in [0.4, 0.5) is 0 Å². The second-order valence-corrected chi connectivity index (χ2v) is 5.68. The molecule has 0 spiro atoms. The molecular formula is C15H11Cl2NO2. The van der Waals surface area contributed by atoms with Crippen LogP contribution in [0.2, 0.25) is 10.0 Å². The first kappa shape index (κ1) is 13.4. The summed E-state index contributed by atoms with van der Waals surface area (Å²) in [5.41, 5.74) is 2.37. The van der Waals surface area contributed by atoms with Crippen molar-refractivity contribution in [1.29, 1.82) is 0 Å². The molecular weight excluding hydrogens is 297 g/mol. The summed E-state index contributed by atoms with van der Waals surface area (Å²) in [4.78, 5) is 15.7. The van der Waals surface area contributed by atoms with Crippen molar-refractivity contribution >= 4 is 29.2 Å². The summed E-state index contributed by atoms with van der Waals surface area (Å²) in [6.07, 6.45) is 1.98. The molecule has 1 aromatic heterocycles. The van der Waals surface area contributed by atoms with Gasteiger partial charge in [-0.3, -0.25) is 4.98 Å². The molecule has 3 rings (SSSR count). The summed E-state index contributed by atoms with van der Waals surface area (Å²) < 4.78 is 0. The molecule has 0 saturated heterocycles. The summed E-state index contributed by atoms with van der Waals surface area (Å²) in [6, 6.07) is 8.48. The summed E-state index contributed by atoms with van der Waals surface area (Å²) in [6.45, 7) is 0. The number of hydrogen-bond acceptors (Lipinski definition) is 2. The number of carboxylic acids is 1. The Balaban J connectivity index is 2.10. The minimum Gasteiger partial charge on any atom is -0.478 e. The molecule has 0 amide bonds. The number of aromatic nitrogens is 1. The number of nitrogens with zero attached hydrogens (tertiary/aromatic N) is 1. The highest BCUT2D eigenvalue weighted by Gasteiger charge is 2.30. The molecule has 5 heteroatoms. The lowest BCUT2D eigenvalue weighted by molar-refractivity contribution is 0.0695. The van der Waals surface area contributed by atoms with Gasteiger partial charge in [0.25, 0.3) is 0 Å². The molecule has 102 valence electrons. The molecule has 0 atom stereocenters. The fourth-order valence-electron chi connectivity index (χ4n) is 2.17. The first-order chi connectivity index (χ1) is 9.56. The van der Waals surface area contributed by atoms with E-state index in [4.69, 9.17) is 23.2 Å². The normalized spacial score (nSPS) is 14.3. The molecule has 1 N–H and O–H groups in total. The zero-order chi connectivity index (χ0) is 14.3. The van der Waals surface area contributed by atoms with E-state index in [-0.39, 0.29) is 11.5 Å². The van der Waals surface area contributed by atoms with Gasteiger partial charge >= 0.3 is 5.97 Å². The number of carbonyl (C=O) groups is 1. The highest BCUT2D eigenvalue weighted by molar-refractivity contribution is 6.36. The van der Waals surface area contributed by atoms with Gasteiger partial charge in [0.15, 0.2) is 0 Å². The topological polar surface area (TPSA) is 50.2 Å². The summed E-state index contributed by atoms with van der Waals surface area (Å²) in [7, 11) is 0. The molecule has 0 radical (unpaired) electrons. The van der Waals surface area contributed by atoms with Crippen molar-refractivity contribution in [3.63, 3.8) is 0 Å². The maximum absolute atomic E-state index is 11.2. The molecule has 0 aliphatic heterocycles. The van der Waals surface area contributed by atoms with E-state index >= 15 is 0 Å². The molecule has 1 heterocycles. The smallest absolute Gasteiger partial charge is 0.337 e. The average Bonchev–Trinajstić information content (AvgIpc) is 3.22. The molecule has 0 unspecified atom stereocenters. The molecule has 3 nitrogen and oxygen atoms in total. The van der Waals surface area contributed by atoms with E-state index < -0.39 is 5.97 Å². The Hall–Kier alpha value is -1.58. The van der Waals surface area contributed by atoms with Crippen LogP contribution in [0.25, 0.3) is 11.3 Å². The van der Waals surface area contributed by atoms with Crippen molar-refractivity contribution < 1.29 is 9.90 Å². The Morgan fingerprint density at radius 1 is 1.20 bits per heavy atom. The van der Waals surface area contributed by atoms with Gasteiger partial charge in [0.2, 0.25) is 0 Å². The SMILES string of the molecule is O=C(O)c1ccc(-c2ccc(Cl)cc2Cl)nc1C1CC1. The van der Waals surface area contributed by atoms with E-state index in [2.05, 4.69) is 4.98 Å². The predicted molar refractivity (Wildman–Crippen MR) is 78.6 cm³/mol. The molecule has 20 heavy (non-hydrogen) atoms. The van der Waals surface area contributed by atoms with Gasteiger partial charge in [-0.25, -0.2) is 4.79 Å². The maximum atomic E-state index is 11.2. The monoisotopic (exact) mass is 307 g/mol. The Kier molecular flexibility index (Phi) is 3.40. The third-order valence-electron chi connectivity index (χ3n) is 3.33. The minimum absolute atomic E-state index is 0.257. The van der Waals surface area contributed by atoms with E-state index in [1.165, 1.54) is 0 Å². The van der Waals surface area contributed by atoms with Gasteiger partial charge in [-0.2, -0.15) is 0 Å². The van der Waals surface area contributed by atoms with E-state index in [9.17, 15) is 9.90 Å². The van der Waals surface area contributed by atoms with Crippen LogP contribution in [-0.2, 0) is 0 Å². The van der Waals surface area contributed by atoms with Crippen LogP contribution in [0.1, 0.15) is 34.8 Å². The van der Waals surface area contributed by atoms with Crippen molar-refractivity contribution in [2.75, 3.05) is 0 Å². The molecule has 1 aliphatic carbocycles. The van der Waals surface area contributed by atoms with Gasteiger partial charge in [-0.05, 0) is 43.2 Å². The van der Waals surface area contributed by atoms with E-state index in [0.717, 1.165) is 18.4 Å². The van der Waals surface area contributed by atoms with E-state index in [1.54, 1.807) is 30.3 Å². The fraction of sp³-hybridized carbons (Fsp3) is 0.200. The largest absolute Gasteiger partial charge is 0.478 e. The third-order valence-corrected chi connectivity index (χ3v) is 3.87. The number of benzene rings is 1. The lowest BCUT2D eigenvalue weighted by Gasteiger charge is -2.09. The minimum atomic E-state index is -0.937. The molecule has 1 fully saturated rings. The van der Waals surface area contributed by atoms with Gasteiger partial charge < -0.3 is 5.11 Å². The van der Waals surface area contributed by atoms with E-state index in [1.807, 2.05) is 0 Å². The Morgan fingerprint density at radius 2 is 1.95 bits per heavy atom. The highest BCUT2D eigenvalue weighted by Crippen LogP contribution is 2.41. The third kappa shape index (κ3) is 2.51. The zero-order valence-corrected chi connectivity index (χ0v) is 11.9. The van der Waals surface area contributed by atoms with Crippen LogP contribution >= 0.6 is 23.2 Å². The summed E-state index contributed by atoms with van der Waals surface area (Å²) in [5, 5.41) is 10.3. The first-order valence-corrected chi connectivity index (χ1v) is 7.01. The Bertz CT molecular complexity index is 696. The molecule has 1 aliphatic rings. The maximum Gasteiger partial charge on any atom is 0.337 e. The van der Waals surface area contributed by atoms with Crippen molar-refractivity contribution in [2.45, 2.75) is 18.8 Å². The van der Waals surface area contributed by atoms with Crippen molar-refractivity contribution in [3.05, 3.63) is 51.6 Å². The number of pyridine rings is 1. The summed E-state index contributed by atoms with van der Waals surface area (Å²) in [5.74, 6) is -0.680. The van der Waals surface area contributed by atoms with Gasteiger partial charge in [-0.1, -0.05) is 23.2 Å². The first-order valence-electron chi connectivity index (χ1n) is 6.26. The van der Waals surface area contributed by atoms with Crippen LogP contribution in [-0.4, -0.2) is 16.1 Å². The van der Waals surface area contributed by atoms with Crippen molar-refractivity contribution in [1.82, 2.24) is 4.98 Å². The second-order valence-electron chi connectivity index (χ2n) is 4.83. The number of hydrogen-bond donors (Lipinski definition) is 1. The van der Waals surface area contributed by atoms with Crippen LogP contribution in [0.15, 0.2) is 30.3 Å². The number of aromatic carboxylic acids is 1. The standard InChI is InChI=1S/C15H11Cl2NO2/c16-9-3-4-10(12(17)7-9)13-6-5-11(15(19)20)14(18-13)8-1-2-8/h3-8H,1-2H2,(H,19,20). The molecule has 2 aromatic rings. The second kappa shape index (κ2) is 5.08. The quantitative estimate of drug-likeness (QED) is 0.899. The van der Waals surface area contributed by atoms with Crippen molar-refractivity contribution in [3.8, 4) is 11.3 Å². The average molecular weight is 308 g/mol. The lowest BCUT2D eigenvalue weighted by atomic mass is 10.1. The Labute approximate surface area is 126 Å². The van der Waals surface area contributed by atoms with Crippen molar-refractivity contribution in [2.24, 2.45) is 0 Å². The van der Waals surface area contributed by atoms with Crippen LogP contribution in [0.3, 0.4) is 0 Å². The van der Waals surface area contributed by atoms with Gasteiger partial charge in [0.05, 0.1) is 22.0 Å². The van der Waals surface area contributed by atoms with Gasteiger partial charge in [-0.15, -0.1) is 0 Å². The van der Waals surface area contributed by atoms with Crippen LogP contribution < -0.4 is 0 Å². The Morgan fingerprint density at radius 3 is 2.55 bits per heavy atom. The number of carboxylic acid groups (broad SMARTS) is 1. The highest BCUT2D eigenvalue weighted by atomic mass is 35.5. The van der Waals surface area contributed by atoms with Gasteiger partial charge in [0.1, 0.15) is 0 Å². The van der Waals surface area contributed by atoms with Crippen LogP contribution in [0.5, 0.6) is 0 Å². The van der Waals surface area contributed by atoms with Crippen LogP contribution in [0, 0.1) is 0 Å². The lowest BCUT2D eigenvalue weighted by Crippen LogP contribution is -2.04. The summed E-state index contributed by atoms with van der Waals surface area (Å²) >= 11 is 12.1. The molecule has 1 aromatic carbocycles.